The molecule has 150 valence electrons. The van der Waals surface area contributed by atoms with Crippen molar-refractivity contribution in [2.75, 3.05) is 52.6 Å². The fourth-order valence-electron chi connectivity index (χ4n) is 6.57. The molecule has 0 spiro atoms. The first kappa shape index (κ1) is 19.1. The molecule has 8 heteroatoms. The Bertz CT molecular complexity index is 628. The van der Waals surface area contributed by atoms with E-state index in [0.717, 1.165) is 45.6 Å². The normalized spacial score (nSPS) is 40.0. The monoisotopic (exact) mass is 387 g/mol. The second-order valence-electron chi connectivity index (χ2n) is 8.99. The Hall–Kier alpha value is -0.250. The van der Waals surface area contributed by atoms with Gasteiger partial charge in [0.25, 0.3) is 0 Å². The van der Waals surface area contributed by atoms with E-state index in [9.17, 15) is 8.42 Å². The highest BCUT2D eigenvalue weighted by molar-refractivity contribution is 7.89. The Morgan fingerprint density at radius 1 is 1.04 bits per heavy atom. The van der Waals surface area contributed by atoms with Crippen molar-refractivity contribution in [3.05, 3.63) is 0 Å². The van der Waals surface area contributed by atoms with Gasteiger partial charge in [-0.1, -0.05) is 13.8 Å². The van der Waals surface area contributed by atoms with Gasteiger partial charge in [-0.25, -0.2) is 13.6 Å². The largest absolute Gasteiger partial charge is 0.379 e. The second-order valence-corrected chi connectivity index (χ2v) is 10.6. The summed E-state index contributed by atoms with van der Waals surface area (Å²) in [6.45, 7) is 10.2. The first-order valence-electron chi connectivity index (χ1n) is 9.94. The maximum absolute atomic E-state index is 13.0. The van der Waals surface area contributed by atoms with Crippen LogP contribution in [0.1, 0.15) is 33.1 Å². The quantitative estimate of drug-likeness (QED) is 0.754. The minimum absolute atomic E-state index is 0.0502. The van der Waals surface area contributed by atoms with Crippen LogP contribution in [0, 0.1) is 16.7 Å². The van der Waals surface area contributed by atoms with E-state index in [-0.39, 0.29) is 16.9 Å². The van der Waals surface area contributed by atoms with E-state index < -0.39 is 15.4 Å². The summed E-state index contributed by atoms with van der Waals surface area (Å²) in [6, 6.07) is 0.256. The van der Waals surface area contributed by atoms with Crippen LogP contribution in [0.3, 0.4) is 0 Å². The summed E-state index contributed by atoms with van der Waals surface area (Å²) < 4.78 is 37.0. The van der Waals surface area contributed by atoms with Crippen LogP contribution in [0.5, 0.6) is 0 Å². The number of ether oxygens (including phenoxy) is 2. The van der Waals surface area contributed by atoms with Crippen molar-refractivity contribution < 1.29 is 17.9 Å². The molecule has 0 aromatic rings. The third kappa shape index (κ3) is 2.76. The summed E-state index contributed by atoms with van der Waals surface area (Å²) in [4.78, 5) is 4.59. The number of nitrogens with zero attached hydrogens (tertiary/aromatic N) is 2. The van der Waals surface area contributed by atoms with E-state index in [1.54, 1.807) is 0 Å². The van der Waals surface area contributed by atoms with Gasteiger partial charge in [0.15, 0.2) is 0 Å². The van der Waals surface area contributed by atoms with Gasteiger partial charge in [0.05, 0.1) is 26.4 Å². The summed E-state index contributed by atoms with van der Waals surface area (Å²) in [5, 5.41) is 5.30. The zero-order valence-corrected chi connectivity index (χ0v) is 16.8. The Balaban J connectivity index is 1.78. The summed E-state index contributed by atoms with van der Waals surface area (Å²) in [5.74, 6) is 0.556. The summed E-state index contributed by atoms with van der Waals surface area (Å²) in [7, 11) is -3.72. The topological polar surface area (TPSA) is 85.1 Å². The van der Waals surface area contributed by atoms with Gasteiger partial charge in [-0.15, -0.1) is 0 Å². The maximum atomic E-state index is 13.0. The van der Waals surface area contributed by atoms with Gasteiger partial charge in [-0.2, -0.15) is 0 Å². The third-order valence-electron chi connectivity index (χ3n) is 7.84. The number of rotatable bonds is 4. The minimum atomic E-state index is -3.72. The van der Waals surface area contributed by atoms with Crippen LogP contribution < -0.4 is 5.14 Å². The van der Waals surface area contributed by atoms with E-state index in [0.29, 0.717) is 32.2 Å². The van der Waals surface area contributed by atoms with Crippen LogP contribution in [0.15, 0.2) is 0 Å². The van der Waals surface area contributed by atoms with Crippen molar-refractivity contribution in [1.82, 2.24) is 9.80 Å². The molecular formula is C18H33N3O4S. The molecule has 4 atom stereocenters. The van der Waals surface area contributed by atoms with E-state index in [1.807, 2.05) is 0 Å². The van der Waals surface area contributed by atoms with Crippen molar-refractivity contribution in [1.29, 1.82) is 0 Å². The number of nitrogens with two attached hydrogens (primary N) is 1. The number of hydrogen-bond acceptors (Lipinski definition) is 6. The molecule has 0 radical (unpaired) electrons. The Kier molecular flexibility index (Phi) is 4.90. The van der Waals surface area contributed by atoms with Crippen LogP contribution in [0.2, 0.25) is 0 Å². The fourth-order valence-corrected chi connectivity index (χ4v) is 8.36. The molecule has 2 saturated carbocycles. The van der Waals surface area contributed by atoms with Gasteiger partial charge in [0, 0.05) is 37.6 Å². The Labute approximate surface area is 157 Å². The molecule has 26 heavy (non-hydrogen) atoms. The lowest BCUT2D eigenvalue weighted by Gasteiger charge is -2.54. The maximum Gasteiger partial charge on any atom is 0.225 e. The zero-order valence-electron chi connectivity index (χ0n) is 16.0. The van der Waals surface area contributed by atoms with E-state index in [2.05, 4.69) is 23.6 Å². The summed E-state index contributed by atoms with van der Waals surface area (Å²) in [6.07, 6.45) is 3.11. The van der Waals surface area contributed by atoms with Gasteiger partial charge >= 0.3 is 0 Å². The summed E-state index contributed by atoms with van der Waals surface area (Å²) >= 11 is 0. The first-order chi connectivity index (χ1) is 12.3. The lowest BCUT2D eigenvalue weighted by Crippen LogP contribution is -2.66. The Morgan fingerprint density at radius 3 is 2.15 bits per heavy atom. The van der Waals surface area contributed by atoms with Crippen LogP contribution in [-0.4, -0.2) is 82.2 Å². The number of fused-ring (bicyclic) bond motifs is 2. The predicted octanol–water partition coefficient (Wildman–Crippen LogP) is 0.460. The zero-order chi connectivity index (χ0) is 18.6. The molecule has 4 aliphatic rings. The van der Waals surface area contributed by atoms with E-state index in [1.165, 1.54) is 0 Å². The smallest absolute Gasteiger partial charge is 0.225 e. The molecule has 7 nitrogen and oxygen atoms in total. The molecule has 4 rings (SSSR count). The first-order valence-corrected chi connectivity index (χ1v) is 11.5. The highest BCUT2D eigenvalue weighted by Crippen LogP contribution is 2.69. The molecule has 2 saturated heterocycles. The van der Waals surface area contributed by atoms with Gasteiger partial charge in [-0.3, -0.25) is 9.80 Å². The van der Waals surface area contributed by atoms with Gasteiger partial charge in [0.2, 0.25) is 10.0 Å². The van der Waals surface area contributed by atoms with Crippen molar-refractivity contribution in [3.8, 4) is 0 Å². The van der Waals surface area contributed by atoms with Crippen molar-refractivity contribution >= 4 is 10.0 Å². The van der Waals surface area contributed by atoms with Crippen LogP contribution in [-0.2, 0) is 19.5 Å². The SMILES string of the molecule is CC1(C)[C@@H]2CC[C@]1(C(N1CCOCC1)S(N)(=O)=O)[C@H](N1CCOCC1)C2. The van der Waals surface area contributed by atoms with Gasteiger partial charge < -0.3 is 9.47 Å². The average molecular weight is 388 g/mol. The van der Waals surface area contributed by atoms with Crippen LogP contribution in [0.4, 0.5) is 0 Å². The standard InChI is InChI=1S/C18H33N3O4S/c1-17(2)14-3-4-18(17,15(13-14)20-5-9-24-10-6-20)16(26(19,22)23)21-7-11-25-12-8-21/h14-16H,3-13H2,1-2H3,(H2,19,22,23)/t14-,15-,16?,18-/m1/s1. The predicted molar refractivity (Wildman–Crippen MR) is 99.0 cm³/mol. The molecule has 0 aromatic heterocycles. The van der Waals surface area contributed by atoms with Crippen LogP contribution in [0.25, 0.3) is 0 Å². The molecule has 1 unspecified atom stereocenters. The fraction of sp³-hybridized carbons (Fsp3) is 1.00. The van der Waals surface area contributed by atoms with E-state index >= 15 is 0 Å². The number of primary sulfonamides is 1. The number of sulfonamides is 1. The number of hydrogen-bond donors (Lipinski definition) is 1. The van der Waals surface area contributed by atoms with Crippen molar-refractivity contribution in [3.63, 3.8) is 0 Å². The second kappa shape index (κ2) is 6.67. The highest BCUT2D eigenvalue weighted by Gasteiger charge is 2.71. The number of morpholine rings is 2. The summed E-state index contributed by atoms with van der Waals surface area (Å²) in [5.41, 5.74) is -0.384. The molecule has 2 bridgehead atoms. The Morgan fingerprint density at radius 2 is 1.62 bits per heavy atom. The van der Waals surface area contributed by atoms with Gasteiger partial charge in [-0.05, 0) is 30.6 Å². The van der Waals surface area contributed by atoms with E-state index in [4.69, 9.17) is 14.6 Å². The average Bonchev–Trinajstić information content (AvgIpc) is 2.98. The molecule has 2 heterocycles. The highest BCUT2D eigenvalue weighted by atomic mass is 32.2. The van der Waals surface area contributed by atoms with Crippen molar-refractivity contribution in [2.24, 2.45) is 21.9 Å². The molecular weight excluding hydrogens is 354 g/mol. The molecule has 2 aliphatic heterocycles. The molecule has 0 amide bonds. The third-order valence-corrected chi connectivity index (χ3v) is 9.19. The lowest BCUT2D eigenvalue weighted by atomic mass is 9.66. The molecule has 2 N–H and O–H groups in total. The lowest BCUT2D eigenvalue weighted by molar-refractivity contribution is -0.0724. The van der Waals surface area contributed by atoms with Crippen molar-refractivity contribution in [2.45, 2.75) is 44.5 Å². The minimum Gasteiger partial charge on any atom is -0.379 e. The van der Waals surface area contributed by atoms with Gasteiger partial charge in [0.1, 0.15) is 5.37 Å². The molecule has 2 aliphatic carbocycles. The molecule has 4 fully saturated rings. The van der Waals surface area contributed by atoms with Crippen LogP contribution >= 0.6 is 0 Å². The molecule has 0 aromatic carbocycles.